The summed E-state index contributed by atoms with van der Waals surface area (Å²) < 4.78 is 35.1. The van der Waals surface area contributed by atoms with Gasteiger partial charge in [-0.25, -0.2) is 18.4 Å². The molecule has 0 bridgehead atoms. The number of nitrogens with one attached hydrogen (secondary N) is 3. The molecule has 17 heteroatoms. The average molecular weight is 587 g/mol. The van der Waals surface area contributed by atoms with Crippen LogP contribution in [0.25, 0.3) is 0 Å². The molecule has 2 fully saturated rings. The van der Waals surface area contributed by atoms with Crippen LogP contribution in [-0.4, -0.2) is 100 Å². The third-order valence-corrected chi connectivity index (χ3v) is 7.26. The van der Waals surface area contributed by atoms with Gasteiger partial charge in [0.1, 0.15) is 29.2 Å². The van der Waals surface area contributed by atoms with Crippen molar-refractivity contribution in [1.82, 2.24) is 25.8 Å². The summed E-state index contributed by atoms with van der Waals surface area (Å²) in [6.07, 6.45) is -0.157. The molecule has 0 spiro atoms. The van der Waals surface area contributed by atoms with Gasteiger partial charge in [0.2, 0.25) is 5.91 Å². The molecule has 0 saturated carbocycles. The SMILES string of the molecule is O=C(O)c1cccc2c1OB(O)[C@@H](NC(=O)C(NC(=O)N1CCN(C3CNC3)C(=O)C1=O)c1c(F)cc(O)cc1F)C2. The highest BCUT2D eigenvalue weighted by Crippen LogP contribution is 2.31. The summed E-state index contributed by atoms with van der Waals surface area (Å²) in [6, 6.07) is 1.53. The number of urea groups is 1. The van der Waals surface area contributed by atoms with E-state index in [2.05, 4.69) is 16.0 Å². The predicted molar refractivity (Wildman–Crippen MR) is 137 cm³/mol. The van der Waals surface area contributed by atoms with Crippen LogP contribution in [0.5, 0.6) is 11.5 Å². The molecule has 14 nitrogen and oxygen atoms in total. The van der Waals surface area contributed by atoms with Crippen LogP contribution >= 0.6 is 0 Å². The van der Waals surface area contributed by atoms with Gasteiger partial charge in [0.25, 0.3) is 0 Å². The lowest BCUT2D eigenvalue weighted by atomic mass is 9.72. The van der Waals surface area contributed by atoms with Gasteiger partial charge in [-0.2, -0.15) is 0 Å². The first-order valence-corrected chi connectivity index (χ1v) is 12.8. The number of hydrogen-bond donors (Lipinski definition) is 6. The number of carbonyl (C=O) groups excluding carboxylic acids is 4. The molecule has 2 atom stereocenters. The van der Waals surface area contributed by atoms with Crippen LogP contribution in [0.2, 0.25) is 0 Å². The molecule has 2 aromatic rings. The van der Waals surface area contributed by atoms with E-state index in [-0.39, 0.29) is 36.9 Å². The van der Waals surface area contributed by atoms with E-state index >= 15 is 0 Å². The average Bonchev–Trinajstić information content (AvgIpc) is 2.89. The number of hydrogen-bond acceptors (Lipinski definition) is 9. The number of imide groups is 1. The lowest BCUT2D eigenvalue weighted by Gasteiger charge is -2.42. The number of amides is 5. The smallest absolute Gasteiger partial charge is 0.534 e. The van der Waals surface area contributed by atoms with Crippen LogP contribution in [0.15, 0.2) is 30.3 Å². The second kappa shape index (κ2) is 11.3. The van der Waals surface area contributed by atoms with Crippen molar-refractivity contribution in [3.05, 3.63) is 58.7 Å². The number of aromatic carboxylic acids is 1. The zero-order valence-electron chi connectivity index (χ0n) is 21.7. The van der Waals surface area contributed by atoms with Crippen molar-refractivity contribution in [3.63, 3.8) is 0 Å². The molecule has 3 aliphatic rings. The van der Waals surface area contributed by atoms with Crippen molar-refractivity contribution >= 4 is 36.8 Å². The number of fused-ring (bicyclic) bond motifs is 1. The number of carbonyl (C=O) groups is 5. The number of nitrogens with zero attached hydrogens (tertiary/aromatic N) is 2. The molecular formula is C25H24BF2N5O9. The van der Waals surface area contributed by atoms with Gasteiger partial charge in [0.15, 0.2) is 0 Å². The fourth-order valence-electron chi connectivity index (χ4n) is 4.98. The van der Waals surface area contributed by atoms with Crippen LogP contribution in [0.4, 0.5) is 13.6 Å². The number of piperazine rings is 1. The van der Waals surface area contributed by atoms with E-state index in [1.54, 1.807) is 0 Å². The molecule has 5 amide bonds. The van der Waals surface area contributed by atoms with E-state index in [1.165, 1.54) is 23.1 Å². The maximum absolute atomic E-state index is 14.9. The Morgan fingerprint density at radius 2 is 1.79 bits per heavy atom. The Bertz CT molecular complexity index is 1470. The Balaban J connectivity index is 1.39. The number of aromatic hydroxyl groups is 1. The maximum atomic E-state index is 14.9. The van der Waals surface area contributed by atoms with Gasteiger partial charge in [-0.05, 0) is 18.1 Å². The van der Waals surface area contributed by atoms with Crippen LogP contribution in [0.1, 0.15) is 27.5 Å². The molecule has 0 aromatic heterocycles. The second-order valence-electron chi connectivity index (χ2n) is 9.90. The molecule has 5 rings (SSSR count). The van der Waals surface area contributed by atoms with Crippen molar-refractivity contribution in [2.75, 3.05) is 26.2 Å². The molecule has 2 saturated heterocycles. The van der Waals surface area contributed by atoms with Crippen LogP contribution in [0.3, 0.4) is 0 Å². The Kier molecular flexibility index (Phi) is 7.70. The highest BCUT2D eigenvalue weighted by molar-refractivity contribution is 6.47. The van der Waals surface area contributed by atoms with Gasteiger partial charge in [-0.15, -0.1) is 0 Å². The summed E-state index contributed by atoms with van der Waals surface area (Å²) in [6.45, 7) is 0.712. The number of phenolic OH excluding ortho intramolecular Hbond substituents is 1. The van der Waals surface area contributed by atoms with E-state index in [0.29, 0.717) is 35.7 Å². The number of carboxylic acids is 1. The maximum Gasteiger partial charge on any atom is 0.547 e. The van der Waals surface area contributed by atoms with Crippen LogP contribution < -0.4 is 20.6 Å². The van der Waals surface area contributed by atoms with Crippen molar-refractivity contribution in [1.29, 1.82) is 0 Å². The number of halogens is 2. The Labute approximate surface area is 236 Å². The zero-order chi connectivity index (χ0) is 30.3. The normalized spacial score (nSPS) is 19.4. The molecule has 220 valence electrons. The van der Waals surface area contributed by atoms with Crippen molar-refractivity contribution < 1.29 is 52.6 Å². The van der Waals surface area contributed by atoms with Gasteiger partial charge < -0.3 is 40.7 Å². The van der Waals surface area contributed by atoms with Crippen LogP contribution in [-0.2, 0) is 20.8 Å². The molecular weight excluding hydrogens is 563 g/mol. The topological polar surface area (TPSA) is 198 Å². The first kappa shape index (κ1) is 28.8. The largest absolute Gasteiger partial charge is 0.547 e. The highest BCUT2D eigenvalue weighted by Gasteiger charge is 2.43. The van der Waals surface area contributed by atoms with Crippen molar-refractivity contribution in [3.8, 4) is 11.5 Å². The summed E-state index contributed by atoms with van der Waals surface area (Å²) in [5.74, 6) is -9.71. The van der Waals surface area contributed by atoms with Gasteiger partial charge in [-0.1, -0.05) is 12.1 Å². The predicted octanol–water partition coefficient (Wildman–Crippen LogP) is -1.10. The number of para-hydroxylation sites is 1. The fraction of sp³-hybridized carbons (Fsp3) is 0.320. The molecule has 0 aliphatic carbocycles. The number of carboxylic acid groups (broad SMARTS) is 1. The third kappa shape index (κ3) is 5.30. The molecule has 3 aliphatic heterocycles. The summed E-state index contributed by atoms with van der Waals surface area (Å²) in [5.41, 5.74) is -0.921. The first-order chi connectivity index (χ1) is 20.0. The Hall–Kier alpha value is -4.77. The Morgan fingerprint density at radius 3 is 2.40 bits per heavy atom. The molecule has 42 heavy (non-hydrogen) atoms. The number of benzene rings is 2. The molecule has 1 unspecified atom stereocenters. The summed E-state index contributed by atoms with van der Waals surface area (Å²) in [7, 11) is -1.79. The Morgan fingerprint density at radius 1 is 1.10 bits per heavy atom. The quantitative estimate of drug-likeness (QED) is 0.178. The molecule has 0 radical (unpaired) electrons. The molecule has 3 heterocycles. The molecule has 6 N–H and O–H groups in total. The van der Waals surface area contributed by atoms with E-state index in [9.17, 15) is 48.0 Å². The summed E-state index contributed by atoms with van der Waals surface area (Å²) in [5, 5.41) is 36.8. The second-order valence-corrected chi connectivity index (χ2v) is 9.90. The summed E-state index contributed by atoms with van der Waals surface area (Å²) >= 11 is 0. The fourth-order valence-corrected chi connectivity index (χ4v) is 4.98. The summed E-state index contributed by atoms with van der Waals surface area (Å²) in [4.78, 5) is 65.2. The van der Waals surface area contributed by atoms with Gasteiger partial charge in [0.05, 0.1) is 23.1 Å². The van der Waals surface area contributed by atoms with Gasteiger partial charge in [0, 0.05) is 38.3 Å². The minimum Gasteiger partial charge on any atom is -0.534 e. The standard InChI is InChI=1S/C25H24BF2N5O9/c27-15-7-13(34)8-16(28)18(15)19(31-25(40)33-5-4-32(12-9-29-10-12)22(36)23(33)37)21(35)30-17-6-11-2-1-3-14(24(38)39)20(11)42-26(17)41/h1-3,7-8,12,17,19,29,34,41H,4-6,9-10H2,(H,30,35)(H,31,40)(H,38,39)/t17-,19?/m0/s1. The van der Waals surface area contributed by atoms with Gasteiger partial charge in [-0.3, -0.25) is 19.3 Å². The zero-order valence-corrected chi connectivity index (χ0v) is 21.7. The highest BCUT2D eigenvalue weighted by atomic mass is 19.1. The molecule has 2 aromatic carbocycles. The first-order valence-electron chi connectivity index (χ1n) is 12.8. The number of phenols is 1. The van der Waals surface area contributed by atoms with E-state index in [4.69, 9.17) is 4.65 Å². The van der Waals surface area contributed by atoms with Crippen molar-refractivity contribution in [2.24, 2.45) is 0 Å². The van der Waals surface area contributed by atoms with Crippen LogP contribution in [0, 0.1) is 11.6 Å². The monoisotopic (exact) mass is 587 g/mol. The lowest BCUT2D eigenvalue weighted by Crippen LogP contribution is -2.67. The van der Waals surface area contributed by atoms with E-state index in [0.717, 1.165) is 0 Å². The van der Waals surface area contributed by atoms with E-state index < -0.39 is 71.8 Å². The van der Waals surface area contributed by atoms with E-state index in [1.807, 2.05) is 0 Å². The van der Waals surface area contributed by atoms with Gasteiger partial charge >= 0.3 is 30.9 Å². The van der Waals surface area contributed by atoms with Crippen molar-refractivity contribution in [2.45, 2.75) is 24.4 Å². The number of rotatable bonds is 6. The lowest BCUT2D eigenvalue weighted by molar-refractivity contribution is -0.156. The third-order valence-electron chi connectivity index (χ3n) is 7.26. The minimum absolute atomic E-state index is 0.00643. The minimum atomic E-state index is -2.14.